The molecule has 124 valence electrons. The fourth-order valence-corrected chi connectivity index (χ4v) is 3.23. The van der Waals surface area contributed by atoms with Crippen molar-refractivity contribution in [2.45, 2.75) is 31.8 Å². The number of rotatable bonds is 4. The normalized spacial score (nSPS) is 20.0. The Hall–Kier alpha value is -2.62. The first-order valence-electron chi connectivity index (χ1n) is 8.30. The van der Waals surface area contributed by atoms with Gasteiger partial charge in [-0.15, -0.1) is 0 Å². The molecule has 1 aliphatic heterocycles. The molecule has 0 radical (unpaired) electrons. The molecule has 1 N–H and O–H groups in total. The molecule has 1 aliphatic rings. The summed E-state index contributed by atoms with van der Waals surface area (Å²) in [5.41, 5.74) is 0.886. The minimum atomic E-state index is -0.790. The Labute approximate surface area is 142 Å². The van der Waals surface area contributed by atoms with Crippen molar-refractivity contribution in [1.29, 1.82) is 0 Å². The van der Waals surface area contributed by atoms with E-state index in [0.717, 1.165) is 12.0 Å². The maximum atomic E-state index is 12.8. The summed E-state index contributed by atoms with van der Waals surface area (Å²) < 4.78 is 0. The highest BCUT2D eigenvalue weighted by atomic mass is 16.2. The molecule has 4 nitrogen and oxygen atoms in total. The van der Waals surface area contributed by atoms with Crippen LogP contribution in [-0.4, -0.2) is 28.8 Å². The monoisotopic (exact) mass is 322 g/mol. The molecular formula is C20H22N2O2. The van der Waals surface area contributed by atoms with Crippen LogP contribution < -0.4 is 5.32 Å². The molecule has 3 rings (SSSR count). The van der Waals surface area contributed by atoms with E-state index in [2.05, 4.69) is 5.32 Å². The van der Waals surface area contributed by atoms with Gasteiger partial charge in [0, 0.05) is 18.7 Å². The minimum absolute atomic E-state index is 0.0783. The quantitative estimate of drug-likeness (QED) is 0.941. The van der Waals surface area contributed by atoms with Crippen molar-refractivity contribution in [3.8, 4) is 0 Å². The van der Waals surface area contributed by atoms with Gasteiger partial charge in [-0.2, -0.15) is 0 Å². The predicted molar refractivity (Wildman–Crippen MR) is 93.4 cm³/mol. The van der Waals surface area contributed by atoms with Crippen molar-refractivity contribution in [2.75, 3.05) is 6.54 Å². The Kier molecular flexibility index (Phi) is 4.65. The Morgan fingerprint density at radius 3 is 2.33 bits per heavy atom. The third-order valence-corrected chi connectivity index (χ3v) is 4.69. The average Bonchev–Trinajstić information content (AvgIpc) is 3.03. The summed E-state index contributed by atoms with van der Waals surface area (Å²) in [4.78, 5) is 27.3. The lowest BCUT2D eigenvalue weighted by Crippen LogP contribution is -2.55. The van der Waals surface area contributed by atoms with Crippen molar-refractivity contribution in [2.24, 2.45) is 0 Å². The van der Waals surface area contributed by atoms with Crippen LogP contribution in [0.5, 0.6) is 0 Å². The van der Waals surface area contributed by atoms with Crippen LogP contribution in [0.3, 0.4) is 0 Å². The number of likely N-dealkylation sites (tertiary alicyclic amines) is 1. The van der Waals surface area contributed by atoms with Gasteiger partial charge in [0.1, 0.15) is 5.54 Å². The van der Waals surface area contributed by atoms with Gasteiger partial charge < -0.3 is 10.2 Å². The standard InChI is InChI=1S/C20H22N2O2/c1-20(19(24)21-15-16-9-4-2-5-10-16)13-8-14-22(20)18(23)17-11-6-3-7-12-17/h2-7,9-12H,8,13-15H2,1H3,(H,21,24). The molecule has 1 saturated heterocycles. The molecule has 4 heteroatoms. The van der Waals surface area contributed by atoms with E-state index in [4.69, 9.17) is 0 Å². The van der Waals surface area contributed by atoms with Crippen molar-refractivity contribution in [3.05, 3.63) is 71.8 Å². The summed E-state index contributed by atoms with van der Waals surface area (Å²) in [5.74, 6) is -0.168. The SMILES string of the molecule is CC1(C(=O)NCc2ccccc2)CCCN1C(=O)c1ccccc1. The summed E-state index contributed by atoms with van der Waals surface area (Å²) in [5, 5.41) is 2.98. The molecule has 1 fully saturated rings. The van der Waals surface area contributed by atoms with Crippen LogP contribution in [0, 0.1) is 0 Å². The summed E-state index contributed by atoms with van der Waals surface area (Å²) in [6.07, 6.45) is 1.53. The first-order chi connectivity index (χ1) is 11.6. The van der Waals surface area contributed by atoms with Crippen LogP contribution in [-0.2, 0) is 11.3 Å². The van der Waals surface area contributed by atoms with E-state index in [1.807, 2.05) is 55.5 Å². The highest BCUT2D eigenvalue weighted by Crippen LogP contribution is 2.31. The number of benzene rings is 2. The zero-order chi connectivity index (χ0) is 17.0. The lowest BCUT2D eigenvalue weighted by molar-refractivity contribution is -0.130. The van der Waals surface area contributed by atoms with Crippen LogP contribution >= 0.6 is 0 Å². The zero-order valence-electron chi connectivity index (χ0n) is 13.9. The van der Waals surface area contributed by atoms with E-state index in [9.17, 15) is 9.59 Å². The Morgan fingerprint density at radius 2 is 1.67 bits per heavy atom. The van der Waals surface area contributed by atoms with Crippen LogP contribution in [0.4, 0.5) is 0 Å². The lowest BCUT2D eigenvalue weighted by Gasteiger charge is -2.34. The highest BCUT2D eigenvalue weighted by Gasteiger charge is 2.45. The van der Waals surface area contributed by atoms with Gasteiger partial charge in [0.2, 0.25) is 5.91 Å². The van der Waals surface area contributed by atoms with Crippen molar-refractivity contribution in [1.82, 2.24) is 10.2 Å². The van der Waals surface area contributed by atoms with E-state index in [1.165, 1.54) is 0 Å². The number of carbonyl (C=O) groups is 2. The van der Waals surface area contributed by atoms with Crippen LogP contribution in [0.15, 0.2) is 60.7 Å². The molecule has 0 spiro atoms. The highest BCUT2D eigenvalue weighted by molar-refractivity contribution is 5.99. The second-order valence-corrected chi connectivity index (χ2v) is 6.37. The molecule has 1 unspecified atom stereocenters. The third-order valence-electron chi connectivity index (χ3n) is 4.69. The van der Waals surface area contributed by atoms with E-state index in [1.54, 1.807) is 17.0 Å². The number of amides is 2. The molecule has 0 aliphatic carbocycles. The summed E-state index contributed by atoms with van der Waals surface area (Å²) >= 11 is 0. The van der Waals surface area contributed by atoms with Crippen molar-refractivity contribution >= 4 is 11.8 Å². The van der Waals surface area contributed by atoms with Gasteiger partial charge in [0.25, 0.3) is 5.91 Å². The molecular weight excluding hydrogens is 300 g/mol. The topological polar surface area (TPSA) is 49.4 Å². The lowest BCUT2D eigenvalue weighted by atomic mass is 9.96. The first-order valence-corrected chi connectivity index (χ1v) is 8.30. The van der Waals surface area contributed by atoms with Gasteiger partial charge in [-0.25, -0.2) is 0 Å². The van der Waals surface area contributed by atoms with E-state index >= 15 is 0 Å². The first kappa shape index (κ1) is 16.2. The molecule has 2 aromatic rings. The molecule has 0 aromatic heterocycles. The second-order valence-electron chi connectivity index (χ2n) is 6.37. The van der Waals surface area contributed by atoms with Gasteiger partial charge in [0.05, 0.1) is 0 Å². The third kappa shape index (κ3) is 3.18. The molecule has 24 heavy (non-hydrogen) atoms. The van der Waals surface area contributed by atoms with E-state index in [0.29, 0.717) is 25.1 Å². The van der Waals surface area contributed by atoms with Gasteiger partial charge in [-0.3, -0.25) is 9.59 Å². The smallest absolute Gasteiger partial charge is 0.254 e. The number of nitrogens with zero attached hydrogens (tertiary/aromatic N) is 1. The van der Waals surface area contributed by atoms with E-state index < -0.39 is 5.54 Å². The number of carbonyl (C=O) groups excluding carboxylic acids is 2. The summed E-state index contributed by atoms with van der Waals surface area (Å²) in [7, 11) is 0. The maximum absolute atomic E-state index is 12.8. The number of hydrogen-bond donors (Lipinski definition) is 1. The van der Waals surface area contributed by atoms with Crippen molar-refractivity contribution < 1.29 is 9.59 Å². The van der Waals surface area contributed by atoms with Gasteiger partial charge >= 0.3 is 0 Å². The van der Waals surface area contributed by atoms with Gasteiger partial charge in [-0.1, -0.05) is 48.5 Å². The van der Waals surface area contributed by atoms with E-state index in [-0.39, 0.29) is 11.8 Å². The molecule has 0 saturated carbocycles. The van der Waals surface area contributed by atoms with Gasteiger partial charge in [0.15, 0.2) is 0 Å². The van der Waals surface area contributed by atoms with Crippen molar-refractivity contribution in [3.63, 3.8) is 0 Å². The molecule has 1 atom stereocenters. The Bertz CT molecular complexity index is 715. The number of hydrogen-bond acceptors (Lipinski definition) is 2. The second kappa shape index (κ2) is 6.87. The maximum Gasteiger partial charge on any atom is 0.254 e. The number of nitrogens with one attached hydrogen (secondary N) is 1. The molecule has 0 bridgehead atoms. The molecule has 2 amide bonds. The minimum Gasteiger partial charge on any atom is -0.350 e. The Morgan fingerprint density at radius 1 is 1.04 bits per heavy atom. The predicted octanol–water partition coefficient (Wildman–Crippen LogP) is 3.00. The zero-order valence-corrected chi connectivity index (χ0v) is 13.9. The Balaban J connectivity index is 1.72. The fraction of sp³-hybridized carbons (Fsp3) is 0.300. The van der Waals surface area contributed by atoms with Crippen LogP contribution in [0.2, 0.25) is 0 Å². The largest absolute Gasteiger partial charge is 0.350 e. The van der Waals surface area contributed by atoms with Crippen LogP contribution in [0.1, 0.15) is 35.7 Å². The summed E-state index contributed by atoms with van der Waals surface area (Å²) in [6.45, 7) is 2.95. The van der Waals surface area contributed by atoms with Gasteiger partial charge in [-0.05, 0) is 37.5 Å². The summed E-state index contributed by atoms with van der Waals surface area (Å²) in [6, 6.07) is 19.0. The van der Waals surface area contributed by atoms with Crippen LogP contribution in [0.25, 0.3) is 0 Å². The molecule has 2 aromatic carbocycles. The average molecular weight is 322 g/mol. The molecule has 1 heterocycles. The fourth-order valence-electron chi connectivity index (χ4n) is 3.23.